The standard InChI is InChI=1S/C23H36N2O3/c1-18-10-11-21(14-19(18)2)23(27)25(4)13-12-24(3)15-22(26)17-28-16-20-8-6-5-7-9-20/h5-9,21-22,26H,10-17H2,1-4H3/t21?,22-/m0/s1. The molecule has 156 valence electrons. The molecule has 1 aliphatic rings. The second-order valence-electron chi connectivity index (χ2n) is 8.18. The van der Waals surface area contributed by atoms with Crippen molar-refractivity contribution in [2.75, 3.05) is 40.3 Å². The first-order valence-electron chi connectivity index (χ1n) is 10.2. The van der Waals surface area contributed by atoms with Gasteiger partial charge in [-0.25, -0.2) is 0 Å². The van der Waals surface area contributed by atoms with Crippen LogP contribution in [-0.4, -0.2) is 67.3 Å². The van der Waals surface area contributed by atoms with Crippen LogP contribution in [0.5, 0.6) is 0 Å². The smallest absolute Gasteiger partial charge is 0.225 e. The van der Waals surface area contributed by atoms with E-state index in [-0.39, 0.29) is 11.8 Å². The van der Waals surface area contributed by atoms with E-state index in [0.29, 0.717) is 26.3 Å². The maximum Gasteiger partial charge on any atom is 0.225 e. The predicted molar refractivity (Wildman–Crippen MR) is 113 cm³/mol. The van der Waals surface area contributed by atoms with Crippen molar-refractivity contribution in [3.05, 3.63) is 47.0 Å². The lowest BCUT2D eigenvalue weighted by Gasteiger charge is -2.29. The third-order valence-corrected chi connectivity index (χ3v) is 5.64. The molecule has 2 rings (SSSR count). The zero-order chi connectivity index (χ0) is 20.5. The summed E-state index contributed by atoms with van der Waals surface area (Å²) in [7, 11) is 3.85. The van der Waals surface area contributed by atoms with Crippen molar-refractivity contribution >= 4 is 5.91 Å². The Balaban J connectivity index is 1.64. The number of amides is 1. The predicted octanol–water partition coefficient (Wildman–Crippen LogP) is 3.09. The minimum absolute atomic E-state index is 0.121. The van der Waals surface area contributed by atoms with Crippen molar-refractivity contribution in [3.8, 4) is 0 Å². The molecule has 1 aromatic rings. The van der Waals surface area contributed by atoms with E-state index in [0.717, 1.165) is 31.4 Å². The number of likely N-dealkylation sites (N-methyl/N-ethyl adjacent to an activating group) is 2. The van der Waals surface area contributed by atoms with Crippen LogP contribution in [0.3, 0.4) is 0 Å². The number of hydrogen-bond acceptors (Lipinski definition) is 4. The van der Waals surface area contributed by atoms with Gasteiger partial charge < -0.3 is 19.6 Å². The van der Waals surface area contributed by atoms with Gasteiger partial charge in [0.05, 0.1) is 19.3 Å². The molecule has 0 fully saturated rings. The lowest BCUT2D eigenvalue weighted by atomic mass is 9.84. The fourth-order valence-electron chi connectivity index (χ4n) is 3.59. The number of nitrogens with zero attached hydrogens (tertiary/aromatic N) is 2. The minimum atomic E-state index is -0.538. The zero-order valence-corrected chi connectivity index (χ0v) is 17.9. The first kappa shape index (κ1) is 22.6. The normalized spacial score (nSPS) is 18.4. The molecular weight excluding hydrogens is 352 g/mol. The van der Waals surface area contributed by atoms with E-state index >= 15 is 0 Å². The molecule has 0 spiro atoms. The molecule has 1 aromatic carbocycles. The number of rotatable bonds is 10. The Morgan fingerprint density at radius 3 is 2.57 bits per heavy atom. The number of aliphatic hydroxyl groups is 1. The van der Waals surface area contributed by atoms with E-state index in [1.54, 1.807) is 0 Å². The number of carbonyl (C=O) groups excluding carboxylic acids is 1. The number of hydrogen-bond donors (Lipinski definition) is 1. The quantitative estimate of drug-likeness (QED) is 0.626. The molecule has 0 saturated heterocycles. The summed E-state index contributed by atoms with van der Waals surface area (Å²) in [5.74, 6) is 0.364. The van der Waals surface area contributed by atoms with Crippen molar-refractivity contribution < 1.29 is 14.6 Å². The van der Waals surface area contributed by atoms with Gasteiger partial charge in [0.2, 0.25) is 5.91 Å². The molecule has 0 saturated carbocycles. The second-order valence-corrected chi connectivity index (χ2v) is 8.18. The lowest BCUT2D eigenvalue weighted by Crippen LogP contribution is -2.41. The fourth-order valence-corrected chi connectivity index (χ4v) is 3.59. The molecule has 5 nitrogen and oxygen atoms in total. The molecule has 1 amide bonds. The Kier molecular flexibility index (Phi) is 9.16. The van der Waals surface area contributed by atoms with Crippen molar-refractivity contribution in [2.45, 2.75) is 45.8 Å². The highest BCUT2D eigenvalue weighted by molar-refractivity contribution is 5.79. The molecule has 0 bridgehead atoms. The maximum absolute atomic E-state index is 12.7. The van der Waals surface area contributed by atoms with Gasteiger partial charge in [-0.1, -0.05) is 41.5 Å². The molecule has 1 N–H and O–H groups in total. The van der Waals surface area contributed by atoms with Crippen LogP contribution >= 0.6 is 0 Å². The second kappa shape index (κ2) is 11.3. The number of carbonyl (C=O) groups is 1. The van der Waals surface area contributed by atoms with E-state index in [9.17, 15) is 9.90 Å². The monoisotopic (exact) mass is 388 g/mol. The molecule has 0 radical (unpaired) electrons. The molecule has 0 heterocycles. The Morgan fingerprint density at radius 1 is 1.18 bits per heavy atom. The molecule has 0 aromatic heterocycles. The van der Waals surface area contributed by atoms with Crippen LogP contribution in [0.15, 0.2) is 41.5 Å². The van der Waals surface area contributed by atoms with Crippen molar-refractivity contribution in [2.24, 2.45) is 5.92 Å². The van der Waals surface area contributed by atoms with E-state index in [1.807, 2.05) is 49.3 Å². The third kappa shape index (κ3) is 7.38. The van der Waals surface area contributed by atoms with Gasteiger partial charge in [-0.05, 0) is 45.7 Å². The lowest BCUT2D eigenvalue weighted by molar-refractivity contribution is -0.134. The first-order valence-corrected chi connectivity index (χ1v) is 10.2. The van der Waals surface area contributed by atoms with Gasteiger partial charge in [0.15, 0.2) is 0 Å². The highest BCUT2D eigenvalue weighted by Gasteiger charge is 2.25. The summed E-state index contributed by atoms with van der Waals surface area (Å²) in [4.78, 5) is 16.6. The molecular formula is C23H36N2O3. The number of ether oxygens (including phenoxy) is 1. The van der Waals surface area contributed by atoms with E-state index in [1.165, 1.54) is 11.1 Å². The van der Waals surface area contributed by atoms with Crippen LogP contribution in [0.1, 0.15) is 38.7 Å². The molecule has 5 heteroatoms. The van der Waals surface area contributed by atoms with Crippen molar-refractivity contribution in [3.63, 3.8) is 0 Å². The Morgan fingerprint density at radius 2 is 1.89 bits per heavy atom. The fraction of sp³-hybridized carbons (Fsp3) is 0.609. The van der Waals surface area contributed by atoms with Gasteiger partial charge in [-0.15, -0.1) is 0 Å². The van der Waals surface area contributed by atoms with Gasteiger partial charge in [0.25, 0.3) is 0 Å². The summed E-state index contributed by atoms with van der Waals surface area (Å²) in [6, 6.07) is 9.95. The average Bonchev–Trinajstić information content (AvgIpc) is 2.68. The largest absolute Gasteiger partial charge is 0.389 e. The Bertz CT molecular complexity index is 645. The summed E-state index contributed by atoms with van der Waals surface area (Å²) in [5.41, 5.74) is 3.91. The number of allylic oxidation sites excluding steroid dienone is 2. The summed E-state index contributed by atoms with van der Waals surface area (Å²) < 4.78 is 5.60. The molecule has 2 atom stereocenters. The van der Waals surface area contributed by atoms with Crippen LogP contribution in [0, 0.1) is 5.92 Å². The van der Waals surface area contributed by atoms with Crippen LogP contribution in [0.2, 0.25) is 0 Å². The Labute approximate surface area is 170 Å². The maximum atomic E-state index is 12.7. The average molecular weight is 389 g/mol. The number of benzene rings is 1. The topological polar surface area (TPSA) is 53.0 Å². The van der Waals surface area contributed by atoms with Crippen LogP contribution in [0.25, 0.3) is 0 Å². The van der Waals surface area contributed by atoms with Crippen molar-refractivity contribution in [1.29, 1.82) is 0 Å². The highest BCUT2D eigenvalue weighted by atomic mass is 16.5. The Hall–Kier alpha value is -1.69. The van der Waals surface area contributed by atoms with E-state index in [2.05, 4.69) is 18.7 Å². The van der Waals surface area contributed by atoms with Gasteiger partial charge in [-0.2, -0.15) is 0 Å². The number of aliphatic hydroxyl groups excluding tert-OH is 1. The van der Waals surface area contributed by atoms with Gasteiger partial charge in [0, 0.05) is 32.6 Å². The van der Waals surface area contributed by atoms with Gasteiger partial charge in [-0.3, -0.25) is 4.79 Å². The first-order chi connectivity index (χ1) is 13.4. The zero-order valence-electron chi connectivity index (χ0n) is 17.9. The SMILES string of the molecule is CC1=C(C)CC(C(=O)N(C)CCN(C)C[C@H](O)COCc2ccccc2)CC1. The molecule has 1 aliphatic carbocycles. The molecule has 0 aliphatic heterocycles. The van der Waals surface area contributed by atoms with Crippen molar-refractivity contribution in [1.82, 2.24) is 9.80 Å². The molecule has 28 heavy (non-hydrogen) atoms. The summed E-state index contributed by atoms with van der Waals surface area (Å²) >= 11 is 0. The van der Waals surface area contributed by atoms with E-state index < -0.39 is 6.10 Å². The van der Waals surface area contributed by atoms with Crippen LogP contribution < -0.4 is 0 Å². The summed E-state index contributed by atoms with van der Waals surface area (Å²) in [5, 5.41) is 10.2. The minimum Gasteiger partial charge on any atom is -0.389 e. The van der Waals surface area contributed by atoms with Crippen LogP contribution in [0.4, 0.5) is 0 Å². The highest BCUT2D eigenvalue weighted by Crippen LogP contribution is 2.29. The van der Waals surface area contributed by atoms with Gasteiger partial charge in [0.1, 0.15) is 0 Å². The van der Waals surface area contributed by atoms with Crippen LogP contribution in [-0.2, 0) is 16.1 Å². The molecule has 1 unspecified atom stereocenters. The van der Waals surface area contributed by atoms with Gasteiger partial charge >= 0.3 is 0 Å². The van der Waals surface area contributed by atoms with E-state index in [4.69, 9.17) is 4.74 Å². The summed E-state index contributed by atoms with van der Waals surface area (Å²) in [6.45, 7) is 7.06. The summed E-state index contributed by atoms with van der Waals surface area (Å²) in [6.07, 6.45) is 2.34. The third-order valence-electron chi connectivity index (χ3n) is 5.64.